The van der Waals surface area contributed by atoms with E-state index >= 15 is 0 Å². The van der Waals surface area contributed by atoms with Crippen LogP contribution in [-0.4, -0.2) is 56.5 Å². The van der Waals surface area contributed by atoms with Crippen molar-refractivity contribution in [3.8, 4) is 5.75 Å². The number of aliphatic hydroxyl groups excluding tert-OH is 2. The van der Waals surface area contributed by atoms with Crippen molar-refractivity contribution in [2.45, 2.75) is 19.8 Å². The van der Waals surface area contributed by atoms with Crippen molar-refractivity contribution < 1.29 is 24.4 Å². The molecule has 0 saturated carbocycles. The lowest BCUT2D eigenvalue weighted by Gasteiger charge is -2.03. The maximum atomic E-state index is 8.26. The van der Waals surface area contributed by atoms with E-state index in [1.165, 1.54) is 6.42 Å². The Balaban J connectivity index is 0.000000384. The Morgan fingerprint density at radius 2 is 1.38 bits per heavy atom. The van der Waals surface area contributed by atoms with E-state index in [9.17, 15) is 0 Å². The quantitative estimate of drug-likeness (QED) is 0.611. The molecule has 21 heavy (non-hydrogen) atoms. The van der Waals surface area contributed by atoms with Gasteiger partial charge in [0.1, 0.15) is 5.75 Å². The molecule has 0 bridgehead atoms. The first-order chi connectivity index (χ1) is 10.3. The van der Waals surface area contributed by atoms with Crippen LogP contribution in [0.25, 0.3) is 0 Å². The van der Waals surface area contributed by atoms with Crippen LogP contribution in [0.1, 0.15) is 19.8 Å². The van der Waals surface area contributed by atoms with Crippen molar-refractivity contribution >= 4 is 0 Å². The highest BCUT2D eigenvalue weighted by atomic mass is 16.5. The molecule has 0 heterocycles. The van der Waals surface area contributed by atoms with Gasteiger partial charge in [0.05, 0.1) is 46.2 Å². The number of benzene rings is 1. The van der Waals surface area contributed by atoms with Gasteiger partial charge in [0.15, 0.2) is 0 Å². The molecule has 0 fully saturated rings. The van der Waals surface area contributed by atoms with E-state index in [1.54, 1.807) is 0 Å². The molecule has 0 spiro atoms. The molecular weight excluding hydrogens is 272 g/mol. The summed E-state index contributed by atoms with van der Waals surface area (Å²) in [4.78, 5) is 0. The molecule has 1 aromatic carbocycles. The summed E-state index contributed by atoms with van der Waals surface area (Å²) in [5.74, 6) is 0.973. The lowest BCUT2D eigenvalue weighted by molar-refractivity contribution is 0.0222. The highest BCUT2D eigenvalue weighted by Gasteiger charge is 1.88. The Kier molecular flexibility index (Phi) is 16.0. The molecule has 1 aromatic rings. The lowest BCUT2D eigenvalue weighted by atomic mass is 10.3. The van der Waals surface area contributed by atoms with Crippen molar-refractivity contribution in [1.82, 2.24) is 0 Å². The molecule has 1 rings (SSSR count). The maximum absolute atomic E-state index is 8.26. The van der Waals surface area contributed by atoms with Crippen LogP contribution in [0.5, 0.6) is 5.75 Å². The zero-order valence-electron chi connectivity index (χ0n) is 12.9. The molecule has 2 N–H and O–H groups in total. The molecule has 0 atom stereocenters. The van der Waals surface area contributed by atoms with Crippen molar-refractivity contribution in [2.75, 3.05) is 46.2 Å². The van der Waals surface area contributed by atoms with Crippen molar-refractivity contribution in [1.29, 1.82) is 0 Å². The minimum atomic E-state index is 0.0417. The molecule has 0 aliphatic heterocycles. The number of hydrogen-bond acceptors (Lipinski definition) is 5. The fourth-order valence-electron chi connectivity index (χ4n) is 1.30. The first-order valence-electron chi connectivity index (χ1n) is 7.40. The van der Waals surface area contributed by atoms with E-state index in [2.05, 4.69) is 6.92 Å². The highest BCUT2D eigenvalue weighted by molar-refractivity contribution is 5.20. The zero-order chi connectivity index (χ0) is 15.6. The molecule has 0 saturated heterocycles. The minimum absolute atomic E-state index is 0.0417. The van der Waals surface area contributed by atoms with Crippen molar-refractivity contribution in [2.24, 2.45) is 0 Å². The molecular formula is C16H28O5. The first kappa shape index (κ1) is 19.9. The lowest BCUT2D eigenvalue weighted by Crippen LogP contribution is -2.09. The second kappa shape index (κ2) is 16.9. The second-order valence-corrected chi connectivity index (χ2v) is 4.19. The van der Waals surface area contributed by atoms with E-state index in [1.807, 2.05) is 30.3 Å². The molecule has 0 aromatic heterocycles. The summed E-state index contributed by atoms with van der Waals surface area (Å²) in [5, 5.41) is 16.5. The van der Waals surface area contributed by atoms with Crippen LogP contribution in [0.3, 0.4) is 0 Å². The summed E-state index contributed by atoms with van der Waals surface area (Å²) in [6, 6.07) is 9.93. The second-order valence-electron chi connectivity index (χ2n) is 4.19. The van der Waals surface area contributed by atoms with Crippen molar-refractivity contribution in [3.63, 3.8) is 0 Å². The Bertz CT molecular complexity index is 284. The van der Waals surface area contributed by atoms with Crippen LogP contribution in [0.2, 0.25) is 0 Å². The third-order valence-electron chi connectivity index (χ3n) is 2.35. The van der Waals surface area contributed by atoms with Gasteiger partial charge in [-0.25, -0.2) is 0 Å². The Morgan fingerprint density at radius 1 is 0.810 bits per heavy atom. The molecule has 0 aliphatic carbocycles. The average molecular weight is 300 g/mol. The van der Waals surface area contributed by atoms with E-state index in [0.717, 1.165) is 18.8 Å². The molecule has 0 aliphatic rings. The molecule has 0 amide bonds. The van der Waals surface area contributed by atoms with Gasteiger partial charge >= 0.3 is 0 Å². The SMILES string of the molecule is CCCCOc1ccccc1.OCCOCCOCCO. The summed E-state index contributed by atoms with van der Waals surface area (Å²) >= 11 is 0. The number of ether oxygens (including phenoxy) is 3. The molecule has 0 unspecified atom stereocenters. The van der Waals surface area contributed by atoms with Crippen LogP contribution in [0, 0.1) is 0 Å². The number of para-hydroxylation sites is 1. The van der Waals surface area contributed by atoms with Gasteiger partial charge in [0, 0.05) is 0 Å². The summed E-state index contributed by atoms with van der Waals surface area (Å²) < 4.78 is 15.2. The number of hydrogen-bond donors (Lipinski definition) is 2. The first-order valence-corrected chi connectivity index (χ1v) is 7.40. The summed E-state index contributed by atoms with van der Waals surface area (Å²) in [6.07, 6.45) is 2.32. The van der Waals surface area contributed by atoms with Gasteiger partial charge in [-0.3, -0.25) is 0 Å². The minimum Gasteiger partial charge on any atom is -0.494 e. The number of rotatable bonds is 11. The molecule has 122 valence electrons. The average Bonchev–Trinajstić information content (AvgIpc) is 2.53. The van der Waals surface area contributed by atoms with Crippen LogP contribution in [0.4, 0.5) is 0 Å². The van der Waals surface area contributed by atoms with Crippen LogP contribution in [0.15, 0.2) is 30.3 Å². The fraction of sp³-hybridized carbons (Fsp3) is 0.625. The van der Waals surface area contributed by atoms with Gasteiger partial charge in [0.2, 0.25) is 0 Å². The Hall–Kier alpha value is -1.14. The van der Waals surface area contributed by atoms with E-state index in [4.69, 9.17) is 24.4 Å². The number of unbranched alkanes of at least 4 members (excludes halogenated alkanes) is 1. The normalized spacial score (nSPS) is 9.86. The monoisotopic (exact) mass is 300 g/mol. The zero-order valence-corrected chi connectivity index (χ0v) is 12.9. The van der Waals surface area contributed by atoms with Gasteiger partial charge in [-0.05, 0) is 18.6 Å². The van der Waals surface area contributed by atoms with Gasteiger partial charge < -0.3 is 24.4 Å². The van der Waals surface area contributed by atoms with Crippen LogP contribution in [-0.2, 0) is 9.47 Å². The predicted molar refractivity (Wildman–Crippen MR) is 82.7 cm³/mol. The van der Waals surface area contributed by atoms with Gasteiger partial charge in [-0.1, -0.05) is 31.5 Å². The topological polar surface area (TPSA) is 68.2 Å². The maximum Gasteiger partial charge on any atom is 0.119 e. The smallest absolute Gasteiger partial charge is 0.119 e. The van der Waals surface area contributed by atoms with Crippen molar-refractivity contribution in [3.05, 3.63) is 30.3 Å². The standard InChI is InChI=1S/C10H14O.C6H14O4/c1-2-3-9-11-10-7-5-4-6-8-10;7-1-3-9-5-6-10-4-2-8/h4-8H,2-3,9H2,1H3;7-8H,1-6H2. The van der Waals surface area contributed by atoms with Gasteiger partial charge in [0.25, 0.3) is 0 Å². The largest absolute Gasteiger partial charge is 0.494 e. The van der Waals surface area contributed by atoms with E-state index in [0.29, 0.717) is 26.4 Å². The molecule has 0 radical (unpaired) electrons. The summed E-state index contributed by atoms with van der Waals surface area (Å²) in [7, 11) is 0. The fourth-order valence-corrected chi connectivity index (χ4v) is 1.30. The van der Waals surface area contributed by atoms with Crippen LogP contribution >= 0.6 is 0 Å². The summed E-state index contributed by atoms with van der Waals surface area (Å²) in [5.41, 5.74) is 0. The number of aliphatic hydroxyl groups is 2. The van der Waals surface area contributed by atoms with Gasteiger partial charge in [-0.15, -0.1) is 0 Å². The molecule has 5 heteroatoms. The van der Waals surface area contributed by atoms with E-state index < -0.39 is 0 Å². The van der Waals surface area contributed by atoms with E-state index in [-0.39, 0.29) is 13.2 Å². The summed E-state index contributed by atoms with van der Waals surface area (Å²) in [6.45, 7) is 4.72. The predicted octanol–water partition coefficient (Wildman–Crippen LogP) is 1.87. The highest BCUT2D eigenvalue weighted by Crippen LogP contribution is 2.08. The molecule has 5 nitrogen and oxygen atoms in total. The van der Waals surface area contributed by atoms with Crippen LogP contribution < -0.4 is 4.74 Å². The Labute approximate surface area is 127 Å². The Morgan fingerprint density at radius 3 is 1.86 bits per heavy atom. The van der Waals surface area contributed by atoms with Gasteiger partial charge in [-0.2, -0.15) is 0 Å². The third-order valence-corrected chi connectivity index (χ3v) is 2.35. The third kappa shape index (κ3) is 15.1.